The van der Waals surface area contributed by atoms with Crippen LogP contribution in [0.5, 0.6) is 0 Å². The van der Waals surface area contributed by atoms with Crippen LogP contribution in [0, 0.1) is 0 Å². The molecule has 2 N–H and O–H groups in total. The Morgan fingerprint density at radius 1 is 1.06 bits per heavy atom. The largest absolute Gasteiger partial charge is 0.279 e. The average Bonchev–Trinajstić information content (AvgIpc) is 2.30. The highest BCUT2D eigenvalue weighted by molar-refractivity contribution is 7.89. The fourth-order valence-electron chi connectivity index (χ4n) is 1.60. The number of nitrogens with zero attached hydrogens (tertiary/aromatic N) is 1. The van der Waals surface area contributed by atoms with Crippen molar-refractivity contribution >= 4 is 20.2 Å². The fourth-order valence-corrected chi connectivity index (χ4v) is 3.59. The third-order valence-electron chi connectivity index (χ3n) is 2.62. The van der Waals surface area contributed by atoms with Gasteiger partial charge >= 0.3 is 0 Å². The molecule has 0 aliphatic carbocycles. The molecule has 0 radical (unpaired) electrons. The van der Waals surface area contributed by atoms with Crippen LogP contribution in [-0.4, -0.2) is 53.6 Å². The Kier molecular flexibility index (Phi) is 5.32. The van der Waals surface area contributed by atoms with E-state index >= 15 is 0 Å². The molecule has 1 fully saturated rings. The van der Waals surface area contributed by atoms with Gasteiger partial charge in [-0.15, -0.1) is 0 Å². The monoisotopic (exact) mass is 285 g/mol. The number of sulfonamides is 1. The van der Waals surface area contributed by atoms with Crippen LogP contribution in [0.3, 0.4) is 0 Å². The van der Waals surface area contributed by atoms with Gasteiger partial charge in [0, 0.05) is 19.6 Å². The van der Waals surface area contributed by atoms with E-state index in [2.05, 4.69) is 9.44 Å². The minimum atomic E-state index is -3.52. The molecule has 7 nitrogen and oxygen atoms in total. The maximum atomic E-state index is 11.8. The highest BCUT2D eigenvalue weighted by atomic mass is 32.2. The van der Waals surface area contributed by atoms with E-state index in [4.69, 9.17) is 0 Å². The lowest BCUT2D eigenvalue weighted by Gasteiger charge is -2.25. The Labute approximate surface area is 103 Å². The van der Waals surface area contributed by atoms with Gasteiger partial charge in [-0.25, -0.2) is 17.9 Å². The standard InChI is InChI=1S/C8H19N3O4S2/c1-9-16(12,13)8-5-10-17(14,15)11-6-3-2-4-7-11/h9-10H,2-8H2,1H3. The van der Waals surface area contributed by atoms with Crippen LogP contribution in [0.1, 0.15) is 19.3 Å². The fraction of sp³-hybridized carbons (Fsp3) is 1.00. The first kappa shape index (κ1) is 14.8. The summed E-state index contributed by atoms with van der Waals surface area (Å²) in [6, 6.07) is 0. The van der Waals surface area contributed by atoms with Gasteiger partial charge in [0.15, 0.2) is 0 Å². The van der Waals surface area contributed by atoms with Gasteiger partial charge in [0.2, 0.25) is 10.0 Å². The zero-order chi connectivity index (χ0) is 12.9. The Bertz CT molecular complexity index is 426. The quantitative estimate of drug-likeness (QED) is 0.644. The van der Waals surface area contributed by atoms with Gasteiger partial charge in [-0.2, -0.15) is 12.7 Å². The highest BCUT2D eigenvalue weighted by Gasteiger charge is 2.23. The summed E-state index contributed by atoms with van der Waals surface area (Å²) < 4.78 is 51.5. The molecule has 9 heteroatoms. The molecular formula is C8H19N3O4S2. The topological polar surface area (TPSA) is 95.6 Å². The van der Waals surface area contributed by atoms with Gasteiger partial charge in [-0.3, -0.25) is 0 Å². The maximum absolute atomic E-state index is 11.8. The van der Waals surface area contributed by atoms with E-state index in [9.17, 15) is 16.8 Å². The zero-order valence-electron chi connectivity index (χ0n) is 9.85. The predicted octanol–water partition coefficient (Wildman–Crippen LogP) is -1.14. The van der Waals surface area contributed by atoms with E-state index in [-0.39, 0.29) is 12.3 Å². The van der Waals surface area contributed by atoms with E-state index in [0.717, 1.165) is 19.3 Å². The van der Waals surface area contributed by atoms with Crippen molar-refractivity contribution in [2.24, 2.45) is 0 Å². The summed E-state index contributed by atoms with van der Waals surface area (Å²) in [4.78, 5) is 0. The van der Waals surface area contributed by atoms with Crippen molar-refractivity contribution < 1.29 is 16.8 Å². The molecule has 0 aromatic carbocycles. The van der Waals surface area contributed by atoms with Gasteiger partial charge in [-0.05, 0) is 19.9 Å². The zero-order valence-corrected chi connectivity index (χ0v) is 11.5. The van der Waals surface area contributed by atoms with Crippen LogP contribution in [-0.2, 0) is 20.2 Å². The molecule has 0 bridgehead atoms. The van der Waals surface area contributed by atoms with E-state index in [1.807, 2.05) is 0 Å². The Hall–Kier alpha value is -0.220. The van der Waals surface area contributed by atoms with Crippen molar-refractivity contribution in [1.29, 1.82) is 0 Å². The SMILES string of the molecule is CNS(=O)(=O)CCNS(=O)(=O)N1CCCCC1. The molecule has 0 spiro atoms. The number of nitrogens with one attached hydrogen (secondary N) is 2. The van der Waals surface area contributed by atoms with Crippen LogP contribution in [0.15, 0.2) is 0 Å². The minimum Gasteiger partial charge on any atom is -0.218 e. The van der Waals surface area contributed by atoms with Gasteiger partial charge in [0.25, 0.3) is 10.2 Å². The van der Waals surface area contributed by atoms with Crippen molar-refractivity contribution in [3.8, 4) is 0 Å². The van der Waals surface area contributed by atoms with Crippen molar-refractivity contribution in [1.82, 2.24) is 13.7 Å². The third kappa shape index (κ3) is 4.88. The number of rotatable bonds is 6. The lowest BCUT2D eigenvalue weighted by Crippen LogP contribution is -2.45. The molecule has 1 aliphatic rings. The summed E-state index contributed by atoms with van der Waals surface area (Å²) in [7, 11) is -5.59. The van der Waals surface area contributed by atoms with Crippen LogP contribution >= 0.6 is 0 Å². The summed E-state index contributed by atoms with van der Waals surface area (Å²) in [5.41, 5.74) is 0. The molecule has 0 saturated carbocycles. The predicted molar refractivity (Wildman–Crippen MR) is 65.2 cm³/mol. The first-order valence-corrected chi connectivity index (χ1v) is 8.62. The smallest absolute Gasteiger partial charge is 0.218 e. The lowest BCUT2D eigenvalue weighted by atomic mass is 10.2. The van der Waals surface area contributed by atoms with Crippen molar-refractivity contribution in [2.75, 3.05) is 32.4 Å². The summed E-state index contributed by atoms with van der Waals surface area (Å²) in [5, 5.41) is 0. The van der Waals surface area contributed by atoms with Crippen molar-refractivity contribution in [2.45, 2.75) is 19.3 Å². The summed E-state index contributed by atoms with van der Waals surface area (Å²) >= 11 is 0. The number of piperidine rings is 1. The maximum Gasteiger partial charge on any atom is 0.279 e. The lowest BCUT2D eigenvalue weighted by molar-refractivity contribution is 0.342. The van der Waals surface area contributed by atoms with Gasteiger partial charge in [0.05, 0.1) is 5.75 Å². The van der Waals surface area contributed by atoms with Crippen LogP contribution in [0.25, 0.3) is 0 Å². The molecule has 1 heterocycles. The molecule has 0 aromatic rings. The first-order chi connectivity index (χ1) is 7.87. The van der Waals surface area contributed by atoms with Gasteiger partial charge in [-0.1, -0.05) is 6.42 Å². The van der Waals surface area contributed by atoms with Gasteiger partial charge in [0.1, 0.15) is 0 Å². The molecular weight excluding hydrogens is 266 g/mol. The molecule has 102 valence electrons. The van der Waals surface area contributed by atoms with Crippen LogP contribution < -0.4 is 9.44 Å². The molecule has 0 amide bonds. The molecule has 17 heavy (non-hydrogen) atoms. The average molecular weight is 285 g/mol. The first-order valence-electron chi connectivity index (χ1n) is 5.53. The Morgan fingerprint density at radius 2 is 1.65 bits per heavy atom. The summed E-state index contributed by atoms with van der Waals surface area (Å²) in [6.07, 6.45) is 2.76. The third-order valence-corrected chi connectivity index (χ3v) is 5.60. The molecule has 1 rings (SSSR count). The molecule has 1 saturated heterocycles. The Balaban J connectivity index is 2.44. The molecule has 0 unspecified atom stereocenters. The highest BCUT2D eigenvalue weighted by Crippen LogP contribution is 2.11. The second kappa shape index (κ2) is 6.10. The second-order valence-corrected chi connectivity index (χ2v) is 7.68. The summed E-state index contributed by atoms with van der Waals surface area (Å²) in [5.74, 6) is -0.253. The van der Waals surface area contributed by atoms with E-state index < -0.39 is 20.2 Å². The van der Waals surface area contributed by atoms with Gasteiger partial charge < -0.3 is 0 Å². The van der Waals surface area contributed by atoms with E-state index in [0.29, 0.717) is 13.1 Å². The second-order valence-electron chi connectivity index (χ2n) is 3.88. The van der Waals surface area contributed by atoms with Crippen LogP contribution in [0.2, 0.25) is 0 Å². The molecule has 1 aliphatic heterocycles. The number of hydrogen-bond acceptors (Lipinski definition) is 4. The van der Waals surface area contributed by atoms with E-state index in [1.54, 1.807) is 0 Å². The number of hydrogen-bond donors (Lipinski definition) is 2. The van der Waals surface area contributed by atoms with E-state index in [1.165, 1.54) is 11.4 Å². The summed E-state index contributed by atoms with van der Waals surface area (Å²) in [6.45, 7) is 0.907. The molecule has 0 aromatic heterocycles. The van der Waals surface area contributed by atoms with Crippen molar-refractivity contribution in [3.05, 3.63) is 0 Å². The van der Waals surface area contributed by atoms with Crippen molar-refractivity contribution in [3.63, 3.8) is 0 Å². The van der Waals surface area contributed by atoms with Crippen LogP contribution in [0.4, 0.5) is 0 Å². The minimum absolute atomic E-state index is 0.109. The normalized spacial score (nSPS) is 19.4. The Morgan fingerprint density at radius 3 is 2.18 bits per heavy atom. The molecule has 0 atom stereocenters.